The van der Waals surface area contributed by atoms with Gasteiger partial charge in [-0.05, 0) is 53.2 Å². The van der Waals surface area contributed by atoms with Crippen molar-refractivity contribution in [3.05, 3.63) is 56.7 Å². The van der Waals surface area contributed by atoms with E-state index in [4.69, 9.17) is 4.42 Å². The molecule has 3 rings (SSSR count). The summed E-state index contributed by atoms with van der Waals surface area (Å²) in [5, 5.41) is 19.8. The normalized spacial score (nSPS) is 11.0. The number of benzene rings is 2. The number of para-hydroxylation sites is 1. The molecule has 106 valence electrons. The quantitative estimate of drug-likeness (QED) is 0.699. The van der Waals surface area contributed by atoms with E-state index in [1.807, 2.05) is 0 Å². The Hall–Kier alpha value is -2.27. The molecule has 2 aromatic carbocycles. The molecule has 1 aromatic heterocycles. The molecule has 0 fully saturated rings. The molecular weight excluding hydrogens is 336 g/mol. The van der Waals surface area contributed by atoms with E-state index in [0.29, 0.717) is 26.7 Å². The molecule has 0 spiro atoms. The zero-order valence-corrected chi connectivity index (χ0v) is 12.6. The van der Waals surface area contributed by atoms with Crippen LogP contribution in [0, 0.1) is 6.92 Å². The second kappa shape index (κ2) is 4.93. The largest absolute Gasteiger partial charge is 0.507 e. The van der Waals surface area contributed by atoms with Crippen LogP contribution in [0.3, 0.4) is 0 Å². The molecule has 0 saturated carbocycles. The number of hydrogen-bond donors (Lipinski definition) is 2. The Morgan fingerprint density at radius 2 is 1.86 bits per heavy atom. The first kappa shape index (κ1) is 13.7. The average molecular weight is 347 g/mol. The highest BCUT2D eigenvalue weighted by molar-refractivity contribution is 9.10. The standard InChI is InChI=1S/C16H11BrO4/c1-8-14(20)10-3-2-4-13(19)16(10)21-15(8)9-5-6-12(18)11(17)7-9/h2-7,18-19H,1H3. The topological polar surface area (TPSA) is 70.7 Å². The van der Waals surface area contributed by atoms with Gasteiger partial charge in [0.15, 0.2) is 16.8 Å². The lowest BCUT2D eigenvalue weighted by molar-refractivity contribution is 0.464. The van der Waals surface area contributed by atoms with Crippen LogP contribution in [0.15, 0.2) is 50.1 Å². The lowest BCUT2D eigenvalue weighted by Crippen LogP contribution is -2.07. The summed E-state index contributed by atoms with van der Waals surface area (Å²) in [5.41, 5.74) is 1.06. The predicted molar refractivity (Wildman–Crippen MR) is 83.7 cm³/mol. The molecule has 21 heavy (non-hydrogen) atoms. The summed E-state index contributed by atoms with van der Waals surface area (Å²) in [4.78, 5) is 12.4. The van der Waals surface area contributed by atoms with E-state index < -0.39 is 0 Å². The van der Waals surface area contributed by atoms with Gasteiger partial charge in [-0.25, -0.2) is 0 Å². The number of phenolic OH excluding ortho intramolecular Hbond substituents is 2. The third kappa shape index (κ3) is 2.19. The van der Waals surface area contributed by atoms with Crippen molar-refractivity contribution in [3.8, 4) is 22.8 Å². The lowest BCUT2D eigenvalue weighted by atomic mass is 10.1. The minimum Gasteiger partial charge on any atom is -0.507 e. The van der Waals surface area contributed by atoms with Crippen LogP contribution in [-0.2, 0) is 0 Å². The Kier molecular flexibility index (Phi) is 3.22. The SMILES string of the molecule is Cc1c(-c2ccc(O)c(Br)c2)oc2c(O)cccc2c1=O. The Labute approximate surface area is 128 Å². The summed E-state index contributed by atoms with van der Waals surface area (Å²) in [6.07, 6.45) is 0. The molecule has 0 bridgehead atoms. The first-order valence-electron chi connectivity index (χ1n) is 6.23. The number of hydrogen-bond acceptors (Lipinski definition) is 4. The van der Waals surface area contributed by atoms with Crippen molar-refractivity contribution in [1.82, 2.24) is 0 Å². The minimum absolute atomic E-state index is 0.0799. The smallest absolute Gasteiger partial charge is 0.196 e. The van der Waals surface area contributed by atoms with Crippen molar-refractivity contribution < 1.29 is 14.6 Å². The number of rotatable bonds is 1. The molecule has 5 heteroatoms. The molecule has 0 aliphatic rings. The van der Waals surface area contributed by atoms with Crippen molar-refractivity contribution in [1.29, 1.82) is 0 Å². The van der Waals surface area contributed by atoms with E-state index in [1.54, 1.807) is 31.2 Å². The maximum Gasteiger partial charge on any atom is 0.196 e. The summed E-state index contributed by atoms with van der Waals surface area (Å²) in [5.74, 6) is 0.390. The fourth-order valence-electron chi connectivity index (χ4n) is 2.22. The molecule has 1 heterocycles. The number of halogens is 1. The molecule has 0 amide bonds. The van der Waals surface area contributed by atoms with Gasteiger partial charge in [0.25, 0.3) is 0 Å². The Morgan fingerprint density at radius 3 is 2.57 bits per heavy atom. The van der Waals surface area contributed by atoms with Crippen molar-refractivity contribution in [2.75, 3.05) is 0 Å². The van der Waals surface area contributed by atoms with Gasteiger partial charge in [0, 0.05) is 11.1 Å². The highest BCUT2D eigenvalue weighted by Gasteiger charge is 2.15. The van der Waals surface area contributed by atoms with Gasteiger partial charge in [0.2, 0.25) is 0 Å². The number of phenols is 2. The van der Waals surface area contributed by atoms with Gasteiger partial charge in [-0.2, -0.15) is 0 Å². The van der Waals surface area contributed by atoms with E-state index in [9.17, 15) is 15.0 Å². The monoisotopic (exact) mass is 346 g/mol. The third-order valence-electron chi connectivity index (χ3n) is 3.33. The van der Waals surface area contributed by atoms with Crippen LogP contribution in [0.25, 0.3) is 22.3 Å². The van der Waals surface area contributed by atoms with Crippen LogP contribution >= 0.6 is 15.9 Å². The Balaban J connectivity index is 2.37. The van der Waals surface area contributed by atoms with Crippen molar-refractivity contribution in [2.24, 2.45) is 0 Å². The van der Waals surface area contributed by atoms with E-state index in [1.165, 1.54) is 12.1 Å². The van der Waals surface area contributed by atoms with Crippen LogP contribution in [0.1, 0.15) is 5.56 Å². The summed E-state index contributed by atoms with van der Waals surface area (Å²) in [7, 11) is 0. The van der Waals surface area contributed by atoms with Crippen LogP contribution in [-0.4, -0.2) is 10.2 Å². The maximum absolute atomic E-state index is 12.4. The first-order chi connectivity index (χ1) is 9.99. The Morgan fingerprint density at radius 1 is 1.10 bits per heavy atom. The maximum atomic E-state index is 12.4. The molecule has 0 radical (unpaired) electrons. The summed E-state index contributed by atoms with van der Waals surface area (Å²) in [6, 6.07) is 9.50. The van der Waals surface area contributed by atoms with E-state index >= 15 is 0 Å². The van der Waals surface area contributed by atoms with Crippen LogP contribution in [0.4, 0.5) is 0 Å². The Bertz CT molecular complexity index is 912. The van der Waals surface area contributed by atoms with E-state index in [2.05, 4.69) is 15.9 Å². The number of fused-ring (bicyclic) bond motifs is 1. The highest BCUT2D eigenvalue weighted by Crippen LogP contribution is 2.33. The van der Waals surface area contributed by atoms with Crippen LogP contribution in [0.2, 0.25) is 0 Å². The average Bonchev–Trinajstić information content (AvgIpc) is 2.46. The fraction of sp³-hybridized carbons (Fsp3) is 0.0625. The molecule has 0 aliphatic carbocycles. The summed E-state index contributed by atoms with van der Waals surface area (Å²) in [6.45, 7) is 1.67. The predicted octanol–water partition coefficient (Wildman–Crippen LogP) is 3.94. The molecule has 2 N–H and O–H groups in total. The van der Waals surface area contributed by atoms with E-state index in [0.717, 1.165) is 0 Å². The summed E-state index contributed by atoms with van der Waals surface area (Å²) < 4.78 is 6.23. The lowest BCUT2D eigenvalue weighted by Gasteiger charge is -2.09. The molecule has 0 saturated heterocycles. The van der Waals surface area contributed by atoms with Gasteiger partial charge in [-0.1, -0.05) is 6.07 Å². The first-order valence-corrected chi connectivity index (χ1v) is 7.02. The van der Waals surface area contributed by atoms with Crippen LogP contribution < -0.4 is 5.43 Å². The molecule has 0 unspecified atom stereocenters. The third-order valence-corrected chi connectivity index (χ3v) is 3.97. The van der Waals surface area contributed by atoms with E-state index in [-0.39, 0.29) is 22.5 Å². The summed E-state index contributed by atoms with van der Waals surface area (Å²) >= 11 is 3.23. The van der Waals surface area contributed by atoms with Crippen molar-refractivity contribution in [3.63, 3.8) is 0 Å². The van der Waals surface area contributed by atoms with Gasteiger partial charge in [0.1, 0.15) is 11.5 Å². The molecule has 3 aromatic rings. The number of aromatic hydroxyl groups is 2. The fourth-order valence-corrected chi connectivity index (χ4v) is 2.60. The molecule has 0 atom stereocenters. The second-order valence-corrected chi connectivity index (χ2v) is 5.56. The van der Waals surface area contributed by atoms with Gasteiger partial charge < -0.3 is 14.6 Å². The van der Waals surface area contributed by atoms with Gasteiger partial charge >= 0.3 is 0 Å². The zero-order chi connectivity index (χ0) is 15.1. The highest BCUT2D eigenvalue weighted by atomic mass is 79.9. The molecule has 0 aliphatic heterocycles. The van der Waals surface area contributed by atoms with Gasteiger partial charge in [-0.15, -0.1) is 0 Å². The molecular formula is C16H11BrO4. The van der Waals surface area contributed by atoms with Gasteiger partial charge in [0.05, 0.1) is 9.86 Å². The van der Waals surface area contributed by atoms with Crippen molar-refractivity contribution in [2.45, 2.75) is 6.92 Å². The minimum atomic E-state index is -0.189. The van der Waals surface area contributed by atoms with Crippen molar-refractivity contribution >= 4 is 26.9 Å². The van der Waals surface area contributed by atoms with Crippen LogP contribution in [0.5, 0.6) is 11.5 Å². The molecule has 4 nitrogen and oxygen atoms in total. The zero-order valence-electron chi connectivity index (χ0n) is 11.1. The second-order valence-electron chi connectivity index (χ2n) is 4.71. The van der Waals surface area contributed by atoms with Gasteiger partial charge in [-0.3, -0.25) is 4.79 Å².